The van der Waals surface area contributed by atoms with E-state index in [2.05, 4.69) is 0 Å². The maximum absolute atomic E-state index is 12.2. The Morgan fingerprint density at radius 2 is 2.21 bits per heavy atom. The Labute approximate surface area is 146 Å². The molecule has 6 heteroatoms. The number of carbonyl (C=O) groups excluding carboxylic acids is 2. The van der Waals surface area contributed by atoms with Crippen molar-refractivity contribution in [3.05, 3.63) is 34.4 Å². The van der Waals surface area contributed by atoms with Crippen LogP contribution in [-0.4, -0.2) is 42.6 Å². The van der Waals surface area contributed by atoms with Crippen molar-refractivity contribution in [3.63, 3.8) is 0 Å². The van der Waals surface area contributed by atoms with E-state index in [9.17, 15) is 9.59 Å². The van der Waals surface area contributed by atoms with Crippen molar-refractivity contribution in [2.24, 2.45) is 0 Å². The molecule has 1 unspecified atom stereocenters. The molecule has 3 rings (SSSR count). The molecule has 5 nitrogen and oxygen atoms in total. The number of esters is 1. The zero-order valence-corrected chi connectivity index (χ0v) is 14.3. The van der Waals surface area contributed by atoms with Crippen LogP contribution in [0.2, 0.25) is 5.02 Å². The molecule has 0 saturated carbocycles. The summed E-state index contributed by atoms with van der Waals surface area (Å²) >= 11 is 5.96. The third-order valence-electron chi connectivity index (χ3n) is 4.40. The second-order valence-electron chi connectivity index (χ2n) is 6.15. The summed E-state index contributed by atoms with van der Waals surface area (Å²) in [6.07, 6.45) is 4.83. The number of piperidine rings is 1. The first kappa shape index (κ1) is 16.8. The van der Waals surface area contributed by atoms with E-state index in [4.69, 9.17) is 21.1 Å². The molecule has 0 bridgehead atoms. The molecule has 0 radical (unpaired) electrons. The molecular formula is C18H20ClNO4. The molecule has 128 valence electrons. The monoisotopic (exact) mass is 349 g/mol. The van der Waals surface area contributed by atoms with E-state index in [-0.39, 0.29) is 25.2 Å². The van der Waals surface area contributed by atoms with Crippen molar-refractivity contribution in [1.82, 2.24) is 4.90 Å². The Bertz CT molecular complexity index is 686. The van der Waals surface area contributed by atoms with Gasteiger partial charge in [0.15, 0.2) is 6.61 Å². The summed E-state index contributed by atoms with van der Waals surface area (Å²) in [6, 6.07) is 5.42. The van der Waals surface area contributed by atoms with Crippen LogP contribution in [0.25, 0.3) is 6.08 Å². The highest BCUT2D eigenvalue weighted by atomic mass is 35.5. The fraction of sp³-hybridized carbons (Fsp3) is 0.444. The Morgan fingerprint density at radius 3 is 3.00 bits per heavy atom. The van der Waals surface area contributed by atoms with E-state index < -0.39 is 5.97 Å². The molecule has 1 saturated heterocycles. The van der Waals surface area contributed by atoms with Gasteiger partial charge in [-0.25, -0.2) is 4.79 Å². The summed E-state index contributed by atoms with van der Waals surface area (Å²) in [4.78, 5) is 26.2. The largest absolute Gasteiger partial charge is 0.488 e. The summed E-state index contributed by atoms with van der Waals surface area (Å²) < 4.78 is 10.7. The van der Waals surface area contributed by atoms with E-state index >= 15 is 0 Å². The SMILES string of the molecule is CC1CCCCN1C(=O)COC(=O)C1=Cc2cc(Cl)ccc2OC1. The summed E-state index contributed by atoms with van der Waals surface area (Å²) in [7, 11) is 0. The molecule has 2 aliphatic heterocycles. The Balaban J connectivity index is 1.60. The molecule has 2 heterocycles. The lowest BCUT2D eigenvalue weighted by atomic mass is 10.0. The number of benzene rings is 1. The molecule has 0 spiro atoms. The average Bonchev–Trinajstić information content (AvgIpc) is 2.59. The van der Waals surface area contributed by atoms with Gasteiger partial charge in [-0.2, -0.15) is 0 Å². The maximum Gasteiger partial charge on any atom is 0.338 e. The van der Waals surface area contributed by atoms with Gasteiger partial charge in [-0.1, -0.05) is 11.6 Å². The smallest absolute Gasteiger partial charge is 0.338 e. The fourth-order valence-corrected chi connectivity index (χ4v) is 3.22. The van der Waals surface area contributed by atoms with Crippen molar-refractivity contribution >= 4 is 29.6 Å². The highest BCUT2D eigenvalue weighted by Crippen LogP contribution is 2.29. The normalized spacial score (nSPS) is 19.8. The summed E-state index contributed by atoms with van der Waals surface area (Å²) in [5.74, 6) is 0.00382. The van der Waals surface area contributed by atoms with E-state index in [1.807, 2.05) is 6.92 Å². The quantitative estimate of drug-likeness (QED) is 0.787. The van der Waals surface area contributed by atoms with E-state index in [1.165, 1.54) is 0 Å². The van der Waals surface area contributed by atoms with Crippen LogP contribution in [0.3, 0.4) is 0 Å². The van der Waals surface area contributed by atoms with Crippen LogP contribution < -0.4 is 4.74 Å². The van der Waals surface area contributed by atoms with Gasteiger partial charge in [0.2, 0.25) is 0 Å². The number of hydrogen-bond acceptors (Lipinski definition) is 4. The number of halogens is 1. The van der Waals surface area contributed by atoms with E-state index in [0.29, 0.717) is 16.3 Å². The van der Waals surface area contributed by atoms with Gasteiger partial charge in [0, 0.05) is 23.2 Å². The lowest BCUT2D eigenvalue weighted by molar-refractivity contribution is -0.150. The molecule has 1 amide bonds. The van der Waals surface area contributed by atoms with Gasteiger partial charge in [0.05, 0.1) is 5.57 Å². The number of carbonyl (C=O) groups is 2. The molecule has 0 N–H and O–H groups in total. The zero-order chi connectivity index (χ0) is 17.1. The lowest BCUT2D eigenvalue weighted by Gasteiger charge is -2.33. The summed E-state index contributed by atoms with van der Waals surface area (Å²) in [5, 5.41) is 0.567. The fourth-order valence-electron chi connectivity index (χ4n) is 3.04. The first-order valence-corrected chi connectivity index (χ1v) is 8.52. The van der Waals surface area contributed by atoms with Crippen molar-refractivity contribution in [2.45, 2.75) is 32.2 Å². The third kappa shape index (κ3) is 3.73. The third-order valence-corrected chi connectivity index (χ3v) is 4.63. The van der Waals surface area contributed by atoms with Gasteiger partial charge >= 0.3 is 5.97 Å². The second-order valence-corrected chi connectivity index (χ2v) is 6.58. The van der Waals surface area contributed by atoms with Crippen LogP contribution in [0.1, 0.15) is 31.7 Å². The standard InChI is InChI=1S/C18H20ClNO4/c1-12-4-2-3-7-20(12)17(21)11-24-18(22)14-8-13-9-15(19)5-6-16(13)23-10-14/h5-6,8-9,12H,2-4,7,10-11H2,1H3. The van der Waals surface area contributed by atoms with Crippen molar-refractivity contribution in [2.75, 3.05) is 19.8 Å². The van der Waals surface area contributed by atoms with Crippen LogP contribution in [0.15, 0.2) is 23.8 Å². The van der Waals surface area contributed by atoms with Crippen LogP contribution >= 0.6 is 11.6 Å². The molecule has 1 aromatic rings. The summed E-state index contributed by atoms with van der Waals surface area (Å²) in [6.45, 7) is 2.65. The van der Waals surface area contributed by atoms with Crippen LogP contribution in [0.5, 0.6) is 5.75 Å². The highest BCUT2D eigenvalue weighted by Gasteiger charge is 2.25. The number of nitrogens with zero attached hydrogens (tertiary/aromatic N) is 1. The van der Waals surface area contributed by atoms with Crippen molar-refractivity contribution in [1.29, 1.82) is 0 Å². The molecule has 2 aliphatic rings. The number of hydrogen-bond donors (Lipinski definition) is 0. The molecule has 1 fully saturated rings. The van der Waals surface area contributed by atoms with E-state index in [0.717, 1.165) is 31.4 Å². The Kier molecular flexibility index (Phi) is 5.09. The number of likely N-dealkylation sites (tertiary alicyclic amines) is 1. The number of rotatable bonds is 3. The Hall–Kier alpha value is -2.01. The molecule has 0 aromatic heterocycles. The van der Waals surface area contributed by atoms with Gasteiger partial charge in [-0.3, -0.25) is 4.79 Å². The minimum Gasteiger partial charge on any atom is -0.488 e. The van der Waals surface area contributed by atoms with Crippen LogP contribution in [0.4, 0.5) is 0 Å². The first-order valence-electron chi connectivity index (χ1n) is 8.14. The van der Waals surface area contributed by atoms with Gasteiger partial charge in [-0.05, 0) is 50.5 Å². The Morgan fingerprint density at radius 1 is 1.38 bits per heavy atom. The van der Waals surface area contributed by atoms with Gasteiger partial charge in [0.25, 0.3) is 5.91 Å². The molecule has 1 aromatic carbocycles. The van der Waals surface area contributed by atoms with Crippen LogP contribution in [-0.2, 0) is 14.3 Å². The van der Waals surface area contributed by atoms with Crippen molar-refractivity contribution in [3.8, 4) is 5.75 Å². The molecule has 1 atom stereocenters. The van der Waals surface area contributed by atoms with Gasteiger partial charge in [0.1, 0.15) is 12.4 Å². The minimum absolute atomic E-state index is 0.127. The second kappa shape index (κ2) is 7.26. The number of fused-ring (bicyclic) bond motifs is 1. The average molecular weight is 350 g/mol. The van der Waals surface area contributed by atoms with Crippen LogP contribution in [0, 0.1) is 0 Å². The van der Waals surface area contributed by atoms with Gasteiger partial charge < -0.3 is 14.4 Å². The van der Waals surface area contributed by atoms with Gasteiger partial charge in [-0.15, -0.1) is 0 Å². The number of amides is 1. The predicted molar refractivity (Wildman–Crippen MR) is 90.9 cm³/mol. The number of ether oxygens (including phenoxy) is 2. The lowest BCUT2D eigenvalue weighted by Crippen LogP contribution is -2.44. The maximum atomic E-state index is 12.2. The molecule has 0 aliphatic carbocycles. The topological polar surface area (TPSA) is 55.8 Å². The summed E-state index contributed by atoms with van der Waals surface area (Å²) in [5.41, 5.74) is 1.11. The zero-order valence-electron chi connectivity index (χ0n) is 13.6. The predicted octanol–water partition coefficient (Wildman–Crippen LogP) is 3.06. The minimum atomic E-state index is -0.529. The van der Waals surface area contributed by atoms with E-state index in [1.54, 1.807) is 29.2 Å². The van der Waals surface area contributed by atoms with Crippen molar-refractivity contribution < 1.29 is 19.1 Å². The first-order chi connectivity index (χ1) is 11.5. The highest BCUT2D eigenvalue weighted by molar-refractivity contribution is 6.30. The molecular weight excluding hydrogens is 330 g/mol. The molecule has 24 heavy (non-hydrogen) atoms.